The standard InChI is InChI=1S/C12H17NO3S/c1-9(7-11(14)15-2)17-8-10-5-4-6-13-12(10)16-3/h4-6,9H,7-8H2,1-3H3. The number of esters is 1. The van der Waals surface area contributed by atoms with Crippen molar-refractivity contribution in [3.63, 3.8) is 0 Å². The first-order valence-corrected chi connectivity index (χ1v) is 6.38. The van der Waals surface area contributed by atoms with Crippen LogP contribution in [0, 0.1) is 0 Å². The molecule has 0 aliphatic carbocycles. The summed E-state index contributed by atoms with van der Waals surface area (Å²) in [4.78, 5) is 15.2. The fourth-order valence-corrected chi connectivity index (χ4v) is 2.26. The molecule has 0 aliphatic rings. The quantitative estimate of drug-likeness (QED) is 0.730. The van der Waals surface area contributed by atoms with Gasteiger partial charge >= 0.3 is 5.97 Å². The highest BCUT2D eigenvalue weighted by Crippen LogP contribution is 2.24. The van der Waals surface area contributed by atoms with Crippen molar-refractivity contribution in [2.24, 2.45) is 0 Å². The van der Waals surface area contributed by atoms with Gasteiger partial charge in [0.05, 0.1) is 20.6 Å². The lowest BCUT2D eigenvalue weighted by molar-refractivity contribution is -0.140. The summed E-state index contributed by atoms with van der Waals surface area (Å²) in [5.74, 6) is 1.24. The van der Waals surface area contributed by atoms with Crippen molar-refractivity contribution in [1.82, 2.24) is 4.98 Å². The molecule has 1 unspecified atom stereocenters. The third-order valence-electron chi connectivity index (χ3n) is 2.25. The predicted molar refractivity (Wildman–Crippen MR) is 68.2 cm³/mol. The van der Waals surface area contributed by atoms with Crippen LogP contribution in [0.3, 0.4) is 0 Å². The Hall–Kier alpha value is -1.23. The zero-order valence-electron chi connectivity index (χ0n) is 10.3. The summed E-state index contributed by atoms with van der Waals surface area (Å²) in [7, 11) is 3.01. The molecule has 1 aromatic heterocycles. The first-order valence-electron chi connectivity index (χ1n) is 5.33. The molecule has 1 aromatic rings. The van der Waals surface area contributed by atoms with E-state index in [1.807, 2.05) is 19.1 Å². The molecule has 0 saturated carbocycles. The number of hydrogen-bond acceptors (Lipinski definition) is 5. The minimum Gasteiger partial charge on any atom is -0.481 e. The van der Waals surface area contributed by atoms with Gasteiger partial charge < -0.3 is 9.47 Å². The lowest BCUT2D eigenvalue weighted by atomic mass is 10.3. The predicted octanol–water partition coefficient (Wildman–Crippen LogP) is 2.28. The van der Waals surface area contributed by atoms with Gasteiger partial charge in [-0.05, 0) is 6.07 Å². The SMILES string of the molecule is COC(=O)CC(C)SCc1cccnc1OC. The number of ether oxygens (including phenoxy) is 2. The summed E-state index contributed by atoms with van der Waals surface area (Å²) in [5, 5.41) is 0.215. The minimum atomic E-state index is -0.178. The monoisotopic (exact) mass is 255 g/mol. The van der Waals surface area contributed by atoms with Crippen LogP contribution in [0.1, 0.15) is 18.9 Å². The van der Waals surface area contributed by atoms with Crippen molar-refractivity contribution >= 4 is 17.7 Å². The van der Waals surface area contributed by atoms with Gasteiger partial charge in [-0.15, -0.1) is 0 Å². The van der Waals surface area contributed by atoms with E-state index in [0.29, 0.717) is 12.3 Å². The Balaban J connectivity index is 2.47. The molecule has 0 aliphatic heterocycles. The van der Waals surface area contributed by atoms with Gasteiger partial charge in [-0.1, -0.05) is 13.0 Å². The van der Waals surface area contributed by atoms with Gasteiger partial charge in [-0.3, -0.25) is 4.79 Å². The molecule has 0 amide bonds. The van der Waals surface area contributed by atoms with Gasteiger partial charge in [0.1, 0.15) is 0 Å². The Labute approximate surface area is 106 Å². The maximum absolute atomic E-state index is 11.1. The summed E-state index contributed by atoms with van der Waals surface area (Å²) >= 11 is 1.68. The average Bonchev–Trinajstić information content (AvgIpc) is 2.36. The molecule has 94 valence electrons. The molecular weight excluding hydrogens is 238 g/mol. The van der Waals surface area contributed by atoms with Crippen LogP contribution < -0.4 is 4.74 Å². The van der Waals surface area contributed by atoms with Crippen LogP contribution in [0.25, 0.3) is 0 Å². The fraction of sp³-hybridized carbons (Fsp3) is 0.500. The molecule has 0 saturated heterocycles. The van der Waals surface area contributed by atoms with Crippen LogP contribution >= 0.6 is 11.8 Å². The molecule has 0 aromatic carbocycles. The Morgan fingerprint density at radius 3 is 2.94 bits per heavy atom. The smallest absolute Gasteiger partial charge is 0.306 e. The van der Waals surface area contributed by atoms with Crippen molar-refractivity contribution < 1.29 is 14.3 Å². The second-order valence-corrected chi connectivity index (χ2v) is 5.00. The highest BCUT2D eigenvalue weighted by atomic mass is 32.2. The number of nitrogens with zero attached hydrogens (tertiary/aromatic N) is 1. The Kier molecular flexibility index (Phi) is 5.83. The average molecular weight is 255 g/mol. The molecule has 0 spiro atoms. The number of thioether (sulfide) groups is 1. The van der Waals surface area contributed by atoms with Gasteiger partial charge in [-0.2, -0.15) is 11.8 Å². The summed E-state index contributed by atoms with van der Waals surface area (Å²) in [6.07, 6.45) is 2.12. The number of carbonyl (C=O) groups excluding carboxylic acids is 1. The Morgan fingerprint density at radius 1 is 1.53 bits per heavy atom. The molecule has 0 bridgehead atoms. The van der Waals surface area contributed by atoms with Crippen LogP contribution in [0.15, 0.2) is 18.3 Å². The third-order valence-corrected chi connectivity index (χ3v) is 3.46. The number of pyridine rings is 1. The number of aromatic nitrogens is 1. The number of carbonyl (C=O) groups is 1. The Bertz CT molecular complexity index is 371. The van der Waals surface area contributed by atoms with E-state index < -0.39 is 0 Å². The van der Waals surface area contributed by atoms with E-state index in [1.54, 1.807) is 25.1 Å². The molecular formula is C12H17NO3S. The van der Waals surface area contributed by atoms with Crippen LogP contribution in [0.2, 0.25) is 0 Å². The molecule has 5 heteroatoms. The third kappa shape index (κ3) is 4.65. The minimum absolute atomic E-state index is 0.178. The van der Waals surface area contributed by atoms with E-state index in [-0.39, 0.29) is 11.2 Å². The van der Waals surface area contributed by atoms with Crippen LogP contribution in [0.4, 0.5) is 0 Å². The molecule has 0 fully saturated rings. The van der Waals surface area contributed by atoms with E-state index in [9.17, 15) is 4.79 Å². The number of methoxy groups -OCH3 is 2. The van der Waals surface area contributed by atoms with Gasteiger partial charge in [0.2, 0.25) is 5.88 Å². The van der Waals surface area contributed by atoms with E-state index in [2.05, 4.69) is 9.72 Å². The van der Waals surface area contributed by atoms with Crippen molar-refractivity contribution in [3.05, 3.63) is 23.9 Å². The molecule has 1 heterocycles. The maximum atomic E-state index is 11.1. The molecule has 0 radical (unpaired) electrons. The Morgan fingerprint density at radius 2 is 2.29 bits per heavy atom. The molecule has 1 atom stereocenters. The summed E-state index contributed by atoms with van der Waals surface area (Å²) in [5.41, 5.74) is 1.04. The molecule has 4 nitrogen and oxygen atoms in total. The van der Waals surface area contributed by atoms with Crippen LogP contribution in [-0.2, 0) is 15.3 Å². The summed E-state index contributed by atoms with van der Waals surface area (Å²) < 4.78 is 9.79. The van der Waals surface area contributed by atoms with Crippen molar-refractivity contribution in [3.8, 4) is 5.88 Å². The van der Waals surface area contributed by atoms with Gasteiger partial charge in [0.15, 0.2) is 0 Å². The molecule has 0 N–H and O–H groups in total. The fourth-order valence-electron chi connectivity index (χ4n) is 1.33. The second kappa shape index (κ2) is 7.17. The normalized spacial score (nSPS) is 11.9. The number of hydrogen-bond donors (Lipinski definition) is 0. The van der Waals surface area contributed by atoms with Crippen LogP contribution in [0.5, 0.6) is 5.88 Å². The lowest BCUT2D eigenvalue weighted by Crippen LogP contribution is -2.08. The maximum Gasteiger partial charge on any atom is 0.306 e. The van der Waals surface area contributed by atoms with Crippen molar-refractivity contribution in [2.75, 3.05) is 14.2 Å². The second-order valence-electron chi connectivity index (χ2n) is 3.57. The van der Waals surface area contributed by atoms with E-state index in [0.717, 1.165) is 11.3 Å². The molecule has 1 rings (SSSR count). The zero-order valence-corrected chi connectivity index (χ0v) is 11.1. The van der Waals surface area contributed by atoms with Crippen molar-refractivity contribution in [1.29, 1.82) is 0 Å². The van der Waals surface area contributed by atoms with Gasteiger partial charge in [-0.25, -0.2) is 4.98 Å². The topological polar surface area (TPSA) is 48.4 Å². The highest BCUT2D eigenvalue weighted by molar-refractivity contribution is 7.99. The van der Waals surface area contributed by atoms with E-state index in [1.165, 1.54) is 7.11 Å². The first kappa shape index (κ1) is 13.8. The summed E-state index contributed by atoms with van der Waals surface area (Å²) in [6.45, 7) is 2.00. The van der Waals surface area contributed by atoms with Crippen molar-refractivity contribution in [2.45, 2.75) is 24.3 Å². The summed E-state index contributed by atoms with van der Waals surface area (Å²) in [6, 6.07) is 3.85. The highest BCUT2D eigenvalue weighted by Gasteiger charge is 2.11. The zero-order chi connectivity index (χ0) is 12.7. The number of rotatable bonds is 6. The lowest BCUT2D eigenvalue weighted by Gasteiger charge is -2.11. The van der Waals surface area contributed by atoms with Gasteiger partial charge in [0, 0.05) is 22.8 Å². The van der Waals surface area contributed by atoms with Crippen LogP contribution in [-0.4, -0.2) is 30.4 Å². The first-order chi connectivity index (χ1) is 8.17. The largest absolute Gasteiger partial charge is 0.481 e. The van der Waals surface area contributed by atoms with Gasteiger partial charge in [0.25, 0.3) is 0 Å². The van der Waals surface area contributed by atoms with E-state index in [4.69, 9.17) is 4.74 Å². The molecule has 17 heavy (non-hydrogen) atoms. The van der Waals surface area contributed by atoms with E-state index >= 15 is 0 Å².